The van der Waals surface area contributed by atoms with Gasteiger partial charge in [0.1, 0.15) is 0 Å². The average molecular weight is 294 g/mol. The van der Waals surface area contributed by atoms with Crippen LogP contribution in [0.4, 0.5) is 11.6 Å². The van der Waals surface area contributed by atoms with Crippen LogP contribution in [0.5, 0.6) is 0 Å². The van der Waals surface area contributed by atoms with Crippen LogP contribution in [0.25, 0.3) is 0 Å². The normalized spacial score (nSPS) is 10.5. The van der Waals surface area contributed by atoms with E-state index < -0.39 is 0 Å². The molecular weight excluding hydrogens is 278 g/mol. The average Bonchev–Trinajstić information content (AvgIpc) is 2.71. The first-order valence-electron chi connectivity index (χ1n) is 5.75. The van der Waals surface area contributed by atoms with Gasteiger partial charge >= 0.3 is 0 Å². The fourth-order valence-electron chi connectivity index (χ4n) is 1.74. The highest BCUT2D eigenvalue weighted by atomic mass is 79.9. The zero-order valence-electron chi connectivity index (χ0n) is 10.1. The summed E-state index contributed by atoms with van der Waals surface area (Å²) in [6.45, 7) is 5.23. The lowest BCUT2D eigenvalue weighted by atomic mass is 10.2. The molecule has 0 aliphatic carbocycles. The number of aromatic nitrogens is 2. The third-order valence-electron chi connectivity index (χ3n) is 2.61. The summed E-state index contributed by atoms with van der Waals surface area (Å²) in [4.78, 5) is 4.33. The van der Waals surface area contributed by atoms with Gasteiger partial charge in [-0.05, 0) is 37.1 Å². The van der Waals surface area contributed by atoms with E-state index in [1.165, 1.54) is 5.56 Å². The van der Waals surface area contributed by atoms with Crippen molar-refractivity contribution in [1.29, 1.82) is 0 Å². The predicted molar refractivity (Wildman–Crippen MR) is 74.7 cm³/mol. The molecule has 0 spiro atoms. The summed E-state index contributed by atoms with van der Waals surface area (Å²) in [5.41, 5.74) is 2.29. The Morgan fingerprint density at radius 3 is 2.94 bits per heavy atom. The van der Waals surface area contributed by atoms with E-state index in [1.807, 2.05) is 18.5 Å². The number of rotatable bonds is 4. The minimum absolute atomic E-state index is 0.900. The lowest BCUT2D eigenvalue weighted by Gasteiger charge is -2.11. The molecule has 1 N–H and O–H groups in total. The van der Waals surface area contributed by atoms with Crippen molar-refractivity contribution in [3.8, 4) is 0 Å². The van der Waals surface area contributed by atoms with Gasteiger partial charge in [0.05, 0.1) is 0 Å². The highest BCUT2D eigenvalue weighted by Crippen LogP contribution is 2.23. The highest BCUT2D eigenvalue weighted by Gasteiger charge is 2.04. The van der Waals surface area contributed by atoms with Crippen molar-refractivity contribution in [3.63, 3.8) is 0 Å². The maximum atomic E-state index is 4.33. The van der Waals surface area contributed by atoms with Crippen molar-refractivity contribution in [2.45, 2.75) is 26.8 Å². The molecule has 0 fully saturated rings. The molecular formula is C13H16BrN3. The number of aryl methyl sites for hydroxylation is 2. The van der Waals surface area contributed by atoms with Crippen LogP contribution >= 0.6 is 15.9 Å². The summed E-state index contributed by atoms with van der Waals surface area (Å²) in [5, 5.41) is 3.36. The van der Waals surface area contributed by atoms with E-state index in [1.54, 1.807) is 0 Å². The van der Waals surface area contributed by atoms with E-state index in [-0.39, 0.29) is 0 Å². The Balaban J connectivity index is 2.22. The molecule has 0 bridgehead atoms. The van der Waals surface area contributed by atoms with Crippen LogP contribution in [-0.2, 0) is 6.54 Å². The van der Waals surface area contributed by atoms with Gasteiger partial charge in [0.2, 0.25) is 5.95 Å². The lowest BCUT2D eigenvalue weighted by molar-refractivity contribution is 0.686. The largest absolute Gasteiger partial charge is 0.325 e. The van der Waals surface area contributed by atoms with Crippen LogP contribution in [0, 0.1) is 6.92 Å². The maximum absolute atomic E-state index is 4.33. The van der Waals surface area contributed by atoms with Crippen LogP contribution in [0.2, 0.25) is 0 Å². The van der Waals surface area contributed by atoms with Crippen molar-refractivity contribution >= 4 is 27.6 Å². The second kappa shape index (κ2) is 5.36. The fourth-order valence-corrected chi connectivity index (χ4v) is 2.22. The molecule has 1 heterocycles. The molecule has 3 nitrogen and oxygen atoms in total. The number of halogens is 1. The van der Waals surface area contributed by atoms with Crippen molar-refractivity contribution in [2.24, 2.45) is 0 Å². The molecule has 17 heavy (non-hydrogen) atoms. The minimum atomic E-state index is 0.900. The topological polar surface area (TPSA) is 29.9 Å². The molecule has 2 aromatic rings. The van der Waals surface area contributed by atoms with Gasteiger partial charge in [0.25, 0.3) is 0 Å². The van der Waals surface area contributed by atoms with Crippen molar-refractivity contribution in [1.82, 2.24) is 9.55 Å². The Bertz CT molecular complexity index is 505. The molecule has 0 saturated heterocycles. The first kappa shape index (κ1) is 12.2. The minimum Gasteiger partial charge on any atom is -0.325 e. The van der Waals surface area contributed by atoms with Gasteiger partial charge < -0.3 is 9.88 Å². The quantitative estimate of drug-likeness (QED) is 0.919. The van der Waals surface area contributed by atoms with Crippen LogP contribution < -0.4 is 5.32 Å². The van der Waals surface area contributed by atoms with E-state index in [2.05, 4.69) is 56.8 Å². The first-order chi connectivity index (χ1) is 8.20. The standard InChI is InChI=1S/C13H16BrN3/c1-3-7-17-8-6-15-13(17)16-12-5-4-11(14)9-10(12)2/h4-6,8-9H,3,7H2,1-2H3,(H,15,16). The molecule has 1 aromatic heterocycles. The number of anilines is 2. The van der Waals surface area contributed by atoms with E-state index in [4.69, 9.17) is 0 Å². The third kappa shape index (κ3) is 2.88. The Labute approximate surface area is 110 Å². The van der Waals surface area contributed by atoms with Crippen LogP contribution in [-0.4, -0.2) is 9.55 Å². The highest BCUT2D eigenvalue weighted by molar-refractivity contribution is 9.10. The van der Waals surface area contributed by atoms with Gasteiger partial charge in [-0.25, -0.2) is 4.98 Å². The molecule has 90 valence electrons. The number of nitrogens with zero attached hydrogens (tertiary/aromatic N) is 2. The molecule has 0 radical (unpaired) electrons. The fraction of sp³-hybridized carbons (Fsp3) is 0.308. The molecule has 4 heteroatoms. The van der Waals surface area contributed by atoms with Gasteiger partial charge in [-0.2, -0.15) is 0 Å². The number of nitrogens with one attached hydrogen (secondary N) is 1. The van der Waals surface area contributed by atoms with E-state index in [0.717, 1.165) is 29.1 Å². The van der Waals surface area contributed by atoms with E-state index >= 15 is 0 Å². The summed E-state index contributed by atoms with van der Waals surface area (Å²) >= 11 is 3.46. The molecule has 0 unspecified atom stereocenters. The lowest BCUT2D eigenvalue weighted by Crippen LogP contribution is -2.03. The van der Waals surface area contributed by atoms with Crippen molar-refractivity contribution in [2.75, 3.05) is 5.32 Å². The summed E-state index contributed by atoms with van der Waals surface area (Å²) < 4.78 is 3.22. The molecule has 0 aliphatic heterocycles. The predicted octanol–water partition coefficient (Wildman–Crippen LogP) is 4.11. The van der Waals surface area contributed by atoms with Gasteiger partial charge in [-0.3, -0.25) is 0 Å². The Morgan fingerprint density at radius 2 is 2.24 bits per heavy atom. The summed E-state index contributed by atoms with van der Waals surface area (Å²) in [7, 11) is 0. The smallest absolute Gasteiger partial charge is 0.207 e. The van der Waals surface area contributed by atoms with E-state index in [9.17, 15) is 0 Å². The first-order valence-corrected chi connectivity index (χ1v) is 6.54. The molecule has 0 saturated carbocycles. The molecule has 0 aliphatic rings. The van der Waals surface area contributed by atoms with Crippen molar-refractivity contribution in [3.05, 3.63) is 40.6 Å². The summed E-state index contributed by atoms with van der Waals surface area (Å²) in [5.74, 6) is 0.900. The molecule has 0 amide bonds. The number of hydrogen-bond donors (Lipinski definition) is 1. The summed E-state index contributed by atoms with van der Waals surface area (Å²) in [6.07, 6.45) is 4.93. The number of benzene rings is 1. The van der Waals surface area contributed by atoms with Crippen LogP contribution in [0.15, 0.2) is 35.1 Å². The van der Waals surface area contributed by atoms with Crippen molar-refractivity contribution < 1.29 is 0 Å². The van der Waals surface area contributed by atoms with E-state index in [0.29, 0.717) is 0 Å². The van der Waals surface area contributed by atoms with Crippen LogP contribution in [0.3, 0.4) is 0 Å². The summed E-state index contributed by atoms with van der Waals surface area (Å²) in [6, 6.07) is 6.18. The Hall–Kier alpha value is -1.29. The zero-order chi connectivity index (χ0) is 12.3. The van der Waals surface area contributed by atoms with Crippen LogP contribution in [0.1, 0.15) is 18.9 Å². The maximum Gasteiger partial charge on any atom is 0.207 e. The zero-order valence-corrected chi connectivity index (χ0v) is 11.7. The van der Waals surface area contributed by atoms with Gasteiger partial charge in [-0.15, -0.1) is 0 Å². The monoisotopic (exact) mass is 293 g/mol. The molecule has 0 atom stereocenters. The second-order valence-corrected chi connectivity index (χ2v) is 4.94. The SMILES string of the molecule is CCCn1ccnc1Nc1ccc(Br)cc1C. The van der Waals surface area contributed by atoms with Gasteiger partial charge in [0, 0.05) is 29.1 Å². The second-order valence-electron chi connectivity index (χ2n) is 4.03. The third-order valence-corrected chi connectivity index (χ3v) is 3.11. The molecule has 1 aromatic carbocycles. The Morgan fingerprint density at radius 1 is 1.41 bits per heavy atom. The molecule has 2 rings (SSSR count). The Kier molecular flexibility index (Phi) is 3.84. The number of imidazole rings is 1. The van der Waals surface area contributed by atoms with Gasteiger partial charge in [-0.1, -0.05) is 22.9 Å². The number of hydrogen-bond acceptors (Lipinski definition) is 2. The van der Waals surface area contributed by atoms with Gasteiger partial charge in [0.15, 0.2) is 0 Å².